The minimum atomic E-state index is 0.531. The summed E-state index contributed by atoms with van der Waals surface area (Å²) in [4.78, 5) is 4.31. The molecule has 0 saturated carbocycles. The van der Waals surface area contributed by atoms with Crippen LogP contribution in [0.5, 0.6) is 0 Å². The van der Waals surface area contributed by atoms with Crippen molar-refractivity contribution in [2.45, 2.75) is 26.3 Å². The third-order valence-corrected chi connectivity index (χ3v) is 2.69. The van der Waals surface area contributed by atoms with Crippen molar-refractivity contribution in [1.82, 2.24) is 10.3 Å². The van der Waals surface area contributed by atoms with E-state index in [0.717, 1.165) is 18.2 Å². The van der Waals surface area contributed by atoms with E-state index >= 15 is 0 Å². The lowest BCUT2D eigenvalue weighted by atomic mass is 10.0. The number of nitrogens with zero attached hydrogens (tertiary/aromatic N) is 1. The summed E-state index contributed by atoms with van der Waals surface area (Å²) in [6.07, 6.45) is 3.23. The molecule has 1 aliphatic rings. The van der Waals surface area contributed by atoms with Gasteiger partial charge in [0, 0.05) is 17.9 Å². The van der Waals surface area contributed by atoms with Crippen LogP contribution in [0.15, 0.2) is 18.3 Å². The molecule has 2 rings (SSSR count). The summed E-state index contributed by atoms with van der Waals surface area (Å²) < 4.78 is 0. The molecule has 0 radical (unpaired) electrons. The smallest absolute Gasteiger partial charge is 0.0372 e. The standard InChI is InChI=1S/C11H16N2/c1-8-5-11(13-6-8)10-4-3-9(2)12-7-10/h3-4,7-8,11,13H,5-6H2,1-2H3. The quantitative estimate of drug-likeness (QED) is 0.708. The van der Waals surface area contributed by atoms with E-state index in [4.69, 9.17) is 0 Å². The Kier molecular flexibility index (Phi) is 2.32. The number of aryl methyl sites for hydroxylation is 1. The van der Waals surface area contributed by atoms with Crippen molar-refractivity contribution in [2.75, 3.05) is 6.54 Å². The Balaban J connectivity index is 2.13. The van der Waals surface area contributed by atoms with Gasteiger partial charge in [-0.05, 0) is 37.4 Å². The molecule has 0 aromatic carbocycles. The Morgan fingerprint density at radius 1 is 1.46 bits per heavy atom. The summed E-state index contributed by atoms with van der Waals surface area (Å²) in [5.74, 6) is 0.798. The van der Waals surface area contributed by atoms with Crippen molar-refractivity contribution >= 4 is 0 Å². The van der Waals surface area contributed by atoms with Crippen LogP contribution in [-0.4, -0.2) is 11.5 Å². The Morgan fingerprint density at radius 3 is 2.85 bits per heavy atom. The fraction of sp³-hybridized carbons (Fsp3) is 0.545. The van der Waals surface area contributed by atoms with Crippen LogP contribution in [0.1, 0.15) is 30.6 Å². The van der Waals surface area contributed by atoms with Gasteiger partial charge in [-0.1, -0.05) is 13.0 Å². The van der Waals surface area contributed by atoms with Crippen LogP contribution in [-0.2, 0) is 0 Å². The molecule has 1 N–H and O–H groups in total. The molecule has 2 atom stereocenters. The maximum atomic E-state index is 4.31. The van der Waals surface area contributed by atoms with Gasteiger partial charge in [0.1, 0.15) is 0 Å². The van der Waals surface area contributed by atoms with Gasteiger partial charge in [0.25, 0.3) is 0 Å². The van der Waals surface area contributed by atoms with E-state index in [1.54, 1.807) is 0 Å². The van der Waals surface area contributed by atoms with Gasteiger partial charge in [-0.3, -0.25) is 4.98 Å². The van der Waals surface area contributed by atoms with Crippen molar-refractivity contribution in [3.05, 3.63) is 29.6 Å². The van der Waals surface area contributed by atoms with Crippen LogP contribution in [0.3, 0.4) is 0 Å². The highest BCUT2D eigenvalue weighted by molar-refractivity contribution is 5.18. The molecule has 0 spiro atoms. The Bertz CT molecular complexity index is 279. The predicted octanol–water partition coefficient (Wildman–Crippen LogP) is 2.06. The molecular formula is C11H16N2. The molecule has 1 fully saturated rings. The summed E-state index contributed by atoms with van der Waals surface area (Å²) in [7, 11) is 0. The fourth-order valence-corrected chi connectivity index (χ4v) is 1.85. The molecule has 0 aliphatic carbocycles. The summed E-state index contributed by atoms with van der Waals surface area (Å²) in [5, 5.41) is 3.50. The Hall–Kier alpha value is -0.890. The van der Waals surface area contributed by atoms with Gasteiger partial charge in [-0.15, -0.1) is 0 Å². The highest BCUT2D eigenvalue weighted by atomic mass is 14.9. The fourth-order valence-electron chi connectivity index (χ4n) is 1.85. The minimum absolute atomic E-state index is 0.531. The third kappa shape index (κ3) is 1.89. The van der Waals surface area contributed by atoms with Crippen LogP contribution in [0.25, 0.3) is 0 Å². The summed E-state index contributed by atoms with van der Waals surface area (Å²) in [6.45, 7) is 5.45. The molecule has 0 bridgehead atoms. The lowest BCUT2D eigenvalue weighted by Crippen LogP contribution is -2.13. The van der Waals surface area contributed by atoms with E-state index in [2.05, 4.69) is 29.4 Å². The molecule has 1 aromatic heterocycles. The molecule has 1 aliphatic heterocycles. The zero-order valence-electron chi connectivity index (χ0n) is 8.25. The van der Waals surface area contributed by atoms with E-state index < -0.39 is 0 Å². The van der Waals surface area contributed by atoms with Gasteiger partial charge < -0.3 is 5.32 Å². The lowest BCUT2D eigenvalue weighted by Gasteiger charge is -2.09. The Morgan fingerprint density at radius 2 is 2.31 bits per heavy atom. The molecule has 2 unspecified atom stereocenters. The molecular weight excluding hydrogens is 160 g/mol. The number of hydrogen-bond donors (Lipinski definition) is 1. The number of rotatable bonds is 1. The SMILES string of the molecule is Cc1ccc(C2CC(C)CN2)cn1. The van der Waals surface area contributed by atoms with E-state index in [0.29, 0.717) is 6.04 Å². The van der Waals surface area contributed by atoms with Gasteiger partial charge in [-0.25, -0.2) is 0 Å². The topological polar surface area (TPSA) is 24.9 Å². The van der Waals surface area contributed by atoms with E-state index in [1.807, 2.05) is 13.1 Å². The number of aromatic nitrogens is 1. The highest BCUT2D eigenvalue weighted by Crippen LogP contribution is 2.25. The second-order valence-electron chi connectivity index (χ2n) is 4.03. The first-order valence-corrected chi connectivity index (χ1v) is 4.91. The summed E-state index contributed by atoms with van der Waals surface area (Å²) in [5.41, 5.74) is 2.42. The Labute approximate surface area is 79.4 Å². The van der Waals surface area contributed by atoms with Crippen LogP contribution >= 0.6 is 0 Å². The first-order valence-electron chi connectivity index (χ1n) is 4.91. The van der Waals surface area contributed by atoms with Crippen molar-refractivity contribution in [1.29, 1.82) is 0 Å². The van der Waals surface area contributed by atoms with Crippen LogP contribution in [0, 0.1) is 12.8 Å². The van der Waals surface area contributed by atoms with E-state index in [9.17, 15) is 0 Å². The van der Waals surface area contributed by atoms with Crippen molar-refractivity contribution in [3.63, 3.8) is 0 Å². The van der Waals surface area contributed by atoms with Gasteiger partial charge in [0.15, 0.2) is 0 Å². The van der Waals surface area contributed by atoms with Gasteiger partial charge in [-0.2, -0.15) is 0 Å². The average molecular weight is 176 g/mol. The largest absolute Gasteiger partial charge is 0.310 e. The zero-order valence-corrected chi connectivity index (χ0v) is 8.25. The molecule has 1 aromatic rings. The molecule has 70 valence electrons. The predicted molar refractivity (Wildman–Crippen MR) is 53.5 cm³/mol. The highest BCUT2D eigenvalue weighted by Gasteiger charge is 2.21. The van der Waals surface area contributed by atoms with Crippen molar-refractivity contribution in [3.8, 4) is 0 Å². The first-order chi connectivity index (χ1) is 6.25. The summed E-state index contributed by atoms with van der Waals surface area (Å²) >= 11 is 0. The first kappa shape index (κ1) is 8.70. The monoisotopic (exact) mass is 176 g/mol. The number of pyridine rings is 1. The molecule has 2 heteroatoms. The third-order valence-electron chi connectivity index (χ3n) is 2.69. The molecule has 2 nitrogen and oxygen atoms in total. The second-order valence-corrected chi connectivity index (χ2v) is 4.03. The lowest BCUT2D eigenvalue weighted by molar-refractivity contribution is 0.610. The van der Waals surface area contributed by atoms with Crippen LogP contribution in [0.4, 0.5) is 0 Å². The maximum absolute atomic E-state index is 4.31. The second kappa shape index (κ2) is 3.46. The molecule has 13 heavy (non-hydrogen) atoms. The van der Waals surface area contributed by atoms with Crippen LogP contribution in [0.2, 0.25) is 0 Å². The van der Waals surface area contributed by atoms with E-state index in [-0.39, 0.29) is 0 Å². The zero-order chi connectivity index (χ0) is 9.26. The van der Waals surface area contributed by atoms with Gasteiger partial charge >= 0.3 is 0 Å². The van der Waals surface area contributed by atoms with Gasteiger partial charge in [0.05, 0.1) is 0 Å². The minimum Gasteiger partial charge on any atom is -0.310 e. The van der Waals surface area contributed by atoms with Crippen molar-refractivity contribution < 1.29 is 0 Å². The molecule has 0 amide bonds. The maximum Gasteiger partial charge on any atom is 0.0372 e. The van der Waals surface area contributed by atoms with Gasteiger partial charge in [0.2, 0.25) is 0 Å². The van der Waals surface area contributed by atoms with E-state index in [1.165, 1.54) is 12.0 Å². The molecule has 2 heterocycles. The number of hydrogen-bond acceptors (Lipinski definition) is 2. The van der Waals surface area contributed by atoms with Crippen molar-refractivity contribution in [2.24, 2.45) is 5.92 Å². The number of nitrogens with one attached hydrogen (secondary N) is 1. The summed E-state index contributed by atoms with van der Waals surface area (Å²) in [6, 6.07) is 4.79. The molecule has 1 saturated heterocycles. The average Bonchev–Trinajstić information content (AvgIpc) is 2.53. The van der Waals surface area contributed by atoms with Crippen LogP contribution < -0.4 is 5.32 Å². The normalized spacial score (nSPS) is 27.8.